The number of hydrogen-bond acceptors (Lipinski definition) is 1. The zero-order chi connectivity index (χ0) is 7.30. The fourth-order valence-electron chi connectivity index (χ4n) is 2.50. The molecule has 0 amide bonds. The number of rotatable bonds is 1. The molecule has 2 rings (SSSR count). The van der Waals surface area contributed by atoms with E-state index in [4.69, 9.17) is 4.74 Å². The van der Waals surface area contributed by atoms with Crippen LogP contribution in [0.15, 0.2) is 0 Å². The number of hydrogen-bond donors (Lipinski definition) is 0. The molecule has 0 aromatic carbocycles. The first-order valence-electron chi connectivity index (χ1n) is 4.35. The van der Waals surface area contributed by atoms with Crippen molar-refractivity contribution in [1.29, 1.82) is 0 Å². The quantitative estimate of drug-likeness (QED) is 0.541. The Labute approximate surface area is 62.8 Å². The Kier molecular flexibility index (Phi) is 1.31. The van der Waals surface area contributed by atoms with Crippen LogP contribution in [0, 0.1) is 17.8 Å². The average Bonchev–Trinajstić information content (AvgIpc) is 2.42. The van der Waals surface area contributed by atoms with Gasteiger partial charge in [-0.1, -0.05) is 13.8 Å². The van der Waals surface area contributed by atoms with Crippen molar-refractivity contribution in [2.75, 3.05) is 0 Å². The number of fused-ring (bicyclic) bond motifs is 1. The molecule has 4 atom stereocenters. The van der Waals surface area contributed by atoms with Crippen molar-refractivity contribution in [3.05, 3.63) is 0 Å². The van der Waals surface area contributed by atoms with E-state index in [0.717, 1.165) is 17.8 Å². The molecule has 4 unspecified atom stereocenters. The molecular formula is C9H16O. The van der Waals surface area contributed by atoms with Crippen LogP contribution < -0.4 is 0 Å². The average molecular weight is 140 g/mol. The maximum Gasteiger partial charge on any atom is 0.0615 e. The van der Waals surface area contributed by atoms with Crippen molar-refractivity contribution in [2.45, 2.75) is 39.4 Å². The minimum absolute atomic E-state index is 0.531. The van der Waals surface area contributed by atoms with Crippen LogP contribution in [0.1, 0.15) is 27.2 Å². The summed E-state index contributed by atoms with van der Waals surface area (Å²) in [6, 6.07) is 0. The van der Waals surface area contributed by atoms with Gasteiger partial charge in [-0.2, -0.15) is 0 Å². The van der Waals surface area contributed by atoms with Crippen LogP contribution in [0.4, 0.5) is 0 Å². The lowest BCUT2D eigenvalue weighted by molar-refractivity contribution is 0.0518. The third kappa shape index (κ3) is 0.800. The van der Waals surface area contributed by atoms with Crippen LogP contribution in [0.5, 0.6) is 0 Å². The van der Waals surface area contributed by atoms with E-state index in [0.29, 0.717) is 12.2 Å². The lowest BCUT2D eigenvalue weighted by Gasteiger charge is -2.20. The molecule has 0 bridgehead atoms. The van der Waals surface area contributed by atoms with E-state index in [9.17, 15) is 0 Å². The minimum Gasteiger partial charge on any atom is -0.375 e. The summed E-state index contributed by atoms with van der Waals surface area (Å²) in [5.41, 5.74) is 0. The van der Waals surface area contributed by atoms with E-state index >= 15 is 0 Å². The topological polar surface area (TPSA) is 9.23 Å². The van der Waals surface area contributed by atoms with Gasteiger partial charge in [-0.3, -0.25) is 0 Å². The summed E-state index contributed by atoms with van der Waals surface area (Å²) in [4.78, 5) is 0. The molecule has 58 valence electrons. The summed E-state index contributed by atoms with van der Waals surface area (Å²) in [5, 5.41) is 0. The molecule has 0 aromatic heterocycles. The first-order chi connectivity index (χ1) is 4.70. The minimum atomic E-state index is 0.531. The molecule has 1 heteroatoms. The molecule has 1 aliphatic carbocycles. The van der Waals surface area contributed by atoms with E-state index in [1.54, 1.807) is 0 Å². The van der Waals surface area contributed by atoms with Crippen molar-refractivity contribution >= 4 is 0 Å². The summed E-state index contributed by atoms with van der Waals surface area (Å²) in [5.74, 6) is 2.59. The molecule has 2 aliphatic rings. The second kappa shape index (κ2) is 1.97. The molecule has 0 N–H and O–H groups in total. The van der Waals surface area contributed by atoms with Gasteiger partial charge in [0.15, 0.2) is 0 Å². The molecule has 1 saturated carbocycles. The zero-order valence-electron chi connectivity index (χ0n) is 7.00. The highest BCUT2D eigenvalue weighted by atomic mass is 16.5. The molecule has 1 aliphatic heterocycles. The molecule has 0 aromatic rings. The van der Waals surface area contributed by atoms with Gasteiger partial charge in [0.25, 0.3) is 0 Å². The highest BCUT2D eigenvalue weighted by Gasteiger charge is 2.54. The third-order valence-corrected chi connectivity index (χ3v) is 2.97. The Balaban J connectivity index is 2.05. The number of ether oxygens (including phenoxy) is 1. The molecule has 1 nitrogen and oxygen atoms in total. The van der Waals surface area contributed by atoms with Crippen molar-refractivity contribution < 1.29 is 4.74 Å². The Bertz CT molecular complexity index is 140. The van der Waals surface area contributed by atoms with Gasteiger partial charge in [0.2, 0.25) is 0 Å². The van der Waals surface area contributed by atoms with Crippen LogP contribution in [0.2, 0.25) is 0 Å². The summed E-state index contributed by atoms with van der Waals surface area (Å²) in [7, 11) is 0. The maximum absolute atomic E-state index is 5.71. The van der Waals surface area contributed by atoms with E-state index in [-0.39, 0.29) is 0 Å². The molecule has 0 spiro atoms. The maximum atomic E-state index is 5.71. The van der Waals surface area contributed by atoms with Gasteiger partial charge >= 0.3 is 0 Å². The SMILES string of the molecule is CC(C)C1C(C)OC2CC21. The van der Waals surface area contributed by atoms with Crippen LogP contribution in [0.25, 0.3) is 0 Å². The third-order valence-electron chi connectivity index (χ3n) is 2.97. The van der Waals surface area contributed by atoms with E-state index in [2.05, 4.69) is 20.8 Å². The molecule has 1 heterocycles. The van der Waals surface area contributed by atoms with Crippen LogP contribution >= 0.6 is 0 Å². The van der Waals surface area contributed by atoms with Gasteiger partial charge in [0, 0.05) is 0 Å². The molecule has 10 heavy (non-hydrogen) atoms. The van der Waals surface area contributed by atoms with E-state index in [1.807, 2.05) is 0 Å². The molecular weight excluding hydrogens is 124 g/mol. The molecule has 1 saturated heterocycles. The lowest BCUT2D eigenvalue weighted by atomic mass is 9.88. The fourth-order valence-corrected chi connectivity index (χ4v) is 2.50. The molecule has 0 radical (unpaired) electrons. The Morgan fingerprint density at radius 2 is 2.10 bits per heavy atom. The first kappa shape index (κ1) is 6.66. The van der Waals surface area contributed by atoms with Crippen molar-refractivity contribution in [1.82, 2.24) is 0 Å². The smallest absolute Gasteiger partial charge is 0.0615 e. The zero-order valence-corrected chi connectivity index (χ0v) is 7.00. The van der Waals surface area contributed by atoms with Gasteiger partial charge in [0.05, 0.1) is 12.2 Å². The van der Waals surface area contributed by atoms with E-state index in [1.165, 1.54) is 6.42 Å². The van der Waals surface area contributed by atoms with Gasteiger partial charge in [0.1, 0.15) is 0 Å². The normalized spacial score (nSPS) is 51.6. The summed E-state index contributed by atoms with van der Waals surface area (Å²) in [6.07, 6.45) is 2.53. The Morgan fingerprint density at radius 1 is 1.40 bits per heavy atom. The second-order valence-electron chi connectivity index (χ2n) is 4.10. The summed E-state index contributed by atoms with van der Waals surface area (Å²) >= 11 is 0. The van der Waals surface area contributed by atoms with Gasteiger partial charge in [-0.05, 0) is 31.1 Å². The van der Waals surface area contributed by atoms with Crippen molar-refractivity contribution in [3.8, 4) is 0 Å². The highest BCUT2D eigenvalue weighted by molar-refractivity contribution is 5.01. The second-order valence-corrected chi connectivity index (χ2v) is 4.10. The largest absolute Gasteiger partial charge is 0.375 e. The van der Waals surface area contributed by atoms with Gasteiger partial charge in [-0.15, -0.1) is 0 Å². The monoisotopic (exact) mass is 140 g/mol. The van der Waals surface area contributed by atoms with E-state index < -0.39 is 0 Å². The van der Waals surface area contributed by atoms with Crippen LogP contribution in [-0.2, 0) is 4.74 Å². The predicted octanol–water partition coefficient (Wildman–Crippen LogP) is 2.07. The van der Waals surface area contributed by atoms with Crippen molar-refractivity contribution in [2.24, 2.45) is 17.8 Å². The summed E-state index contributed by atoms with van der Waals surface area (Å²) < 4.78 is 5.71. The summed E-state index contributed by atoms with van der Waals surface area (Å²) in [6.45, 7) is 6.84. The Morgan fingerprint density at radius 3 is 2.40 bits per heavy atom. The predicted molar refractivity (Wildman–Crippen MR) is 40.8 cm³/mol. The first-order valence-corrected chi connectivity index (χ1v) is 4.35. The standard InChI is InChI=1S/C9H16O/c1-5(2)9-6(3)10-8-4-7(8)9/h5-9H,4H2,1-3H3. The van der Waals surface area contributed by atoms with Gasteiger partial charge in [-0.25, -0.2) is 0 Å². The lowest BCUT2D eigenvalue weighted by Crippen LogP contribution is -2.21. The fraction of sp³-hybridized carbons (Fsp3) is 1.00. The highest BCUT2D eigenvalue weighted by Crippen LogP contribution is 2.52. The molecule has 2 fully saturated rings. The van der Waals surface area contributed by atoms with Crippen LogP contribution in [0.3, 0.4) is 0 Å². The Hall–Kier alpha value is -0.0400. The van der Waals surface area contributed by atoms with Crippen molar-refractivity contribution in [3.63, 3.8) is 0 Å². The van der Waals surface area contributed by atoms with Crippen LogP contribution in [-0.4, -0.2) is 12.2 Å². The van der Waals surface area contributed by atoms with Gasteiger partial charge < -0.3 is 4.74 Å².